The summed E-state index contributed by atoms with van der Waals surface area (Å²) in [6.07, 6.45) is 1.05. The molecular formula is C14H24N2OS. The Bertz CT molecular complexity index is 374. The number of rotatable bonds is 7. The maximum atomic E-state index is 11.7. The molecule has 1 amide bonds. The van der Waals surface area contributed by atoms with E-state index in [-0.39, 0.29) is 11.9 Å². The predicted octanol–water partition coefficient (Wildman–Crippen LogP) is 2.56. The van der Waals surface area contributed by atoms with Gasteiger partial charge in [0.1, 0.15) is 0 Å². The van der Waals surface area contributed by atoms with Crippen LogP contribution in [-0.2, 0) is 17.8 Å². The molecule has 0 fully saturated rings. The smallest absolute Gasteiger partial charge is 0.234 e. The lowest BCUT2D eigenvalue weighted by atomic mass is 10.1. The highest BCUT2D eigenvalue weighted by Crippen LogP contribution is 2.16. The van der Waals surface area contributed by atoms with Crippen molar-refractivity contribution in [2.75, 3.05) is 6.54 Å². The second-order valence-electron chi connectivity index (χ2n) is 4.93. The predicted molar refractivity (Wildman–Crippen MR) is 77.8 cm³/mol. The van der Waals surface area contributed by atoms with Gasteiger partial charge in [0.2, 0.25) is 5.91 Å². The lowest BCUT2D eigenvalue weighted by Gasteiger charge is -2.17. The van der Waals surface area contributed by atoms with Gasteiger partial charge in [0.05, 0.1) is 6.54 Å². The van der Waals surface area contributed by atoms with Crippen molar-refractivity contribution in [2.24, 2.45) is 5.92 Å². The first-order valence-electron chi connectivity index (χ1n) is 6.59. The van der Waals surface area contributed by atoms with E-state index in [4.69, 9.17) is 0 Å². The van der Waals surface area contributed by atoms with Crippen molar-refractivity contribution in [3.05, 3.63) is 21.9 Å². The van der Waals surface area contributed by atoms with Crippen LogP contribution < -0.4 is 10.6 Å². The van der Waals surface area contributed by atoms with E-state index < -0.39 is 0 Å². The Morgan fingerprint density at radius 1 is 1.39 bits per heavy atom. The van der Waals surface area contributed by atoms with E-state index in [1.165, 1.54) is 10.4 Å². The van der Waals surface area contributed by atoms with Gasteiger partial charge in [-0.3, -0.25) is 4.79 Å². The number of nitrogens with one attached hydrogen (secondary N) is 2. The molecule has 0 aliphatic rings. The first-order valence-corrected chi connectivity index (χ1v) is 7.47. The Morgan fingerprint density at radius 3 is 2.72 bits per heavy atom. The van der Waals surface area contributed by atoms with Gasteiger partial charge in [0.25, 0.3) is 0 Å². The van der Waals surface area contributed by atoms with Crippen molar-refractivity contribution in [2.45, 2.75) is 46.7 Å². The quantitative estimate of drug-likeness (QED) is 0.798. The molecule has 1 unspecified atom stereocenters. The van der Waals surface area contributed by atoms with Crippen molar-refractivity contribution < 1.29 is 4.79 Å². The Kier molecular flexibility index (Phi) is 6.36. The van der Waals surface area contributed by atoms with Crippen LogP contribution >= 0.6 is 11.3 Å². The maximum absolute atomic E-state index is 11.7. The second kappa shape index (κ2) is 7.54. The Labute approximate surface area is 114 Å². The molecule has 0 saturated carbocycles. The first kappa shape index (κ1) is 15.2. The minimum atomic E-state index is 0.0748. The van der Waals surface area contributed by atoms with E-state index in [1.807, 2.05) is 6.92 Å². The third kappa shape index (κ3) is 4.78. The molecule has 0 bridgehead atoms. The Balaban J connectivity index is 2.27. The molecule has 1 atom stereocenters. The van der Waals surface area contributed by atoms with Crippen LogP contribution in [0, 0.1) is 5.92 Å². The van der Waals surface area contributed by atoms with Crippen LogP contribution in [0.25, 0.3) is 0 Å². The summed E-state index contributed by atoms with van der Waals surface area (Å²) >= 11 is 1.75. The summed E-state index contributed by atoms with van der Waals surface area (Å²) in [7, 11) is 0. The molecule has 2 N–H and O–H groups in total. The van der Waals surface area contributed by atoms with Crippen molar-refractivity contribution in [1.82, 2.24) is 10.6 Å². The highest BCUT2D eigenvalue weighted by Gasteiger charge is 2.10. The molecule has 18 heavy (non-hydrogen) atoms. The number of hydrogen-bond donors (Lipinski definition) is 2. The fourth-order valence-electron chi connectivity index (χ4n) is 1.60. The zero-order chi connectivity index (χ0) is 13.5. The molecule has 1 aromatic heterocycles. The first-order chi connectivity index (χ1) is 8.54. The molecule has 3 nitrogen and oxygen atoms in total. The van der Waals surface area contributed by atoms with Gasteiger partial charge in [-0.1, -0.05) is 20.8 Å². The van der Waals surface area contributed by atoms with E-state index in [9.17, 15) is 4.79 Å². The largest absolute Gasteiger partial charge is 0.352 e. The normalized spacial score (nSPS) is 12.7. The van der Waals surface area contributed by atoms with Crippen molar-refractivity contribution in [3.8, 4) is 0 Å². The van der Waals surface area contributed by atoms with Crippen LogP contribution in [-0.4, -0.2) is 18.5 Å². The summed E-state index contributed by atoms with van der Waals surface area (Å²) in [4.78, 5) is 13.0. The average Bonchev–Trinajstić information content (AvgIpc) is 2.76. The molecule has 4 heteroatoms. The summed E-state index contributed by atoms with van der Waals surface area (Å²) in [5.74, 6) is 0.545. The fraction of sp³-hybridized carbons (Fsp3) is 0.643. The molecule has 0 radical (unpaired) electrons. The third-order valence-corrected chi connectivity index (χ3v) is 4.14. The van der Waals surface area contributed by atoms with Crippen molar-refractivity contribution >= 4 is 17.2 Å². The van der Waals surface area contributed by atoms with Gasteiger partial charge in [-0.05, 0) is 36.3 Å². The molecule has 0 spiro atoms. The highest BCUT2D eigenvalue weighted by molar-refractivity contribution is 7.10. The minimum Gasteiger partial charge on any atom is -0.352 e. The average molecular weight is 268 g/mol. The molecule has 102 valence electrons. The van der Waals surface area contributed by atoms with E-state index in [0.29, 0.717) is 12.5 Å². The molecule has 0 aliphatic carbocycles. The SMILES string of the molecule is CCc1ccsc1CNCC(=O)NC(C)C(C)C. The van der Waals surface area contributed by atoms with Gasteiger partial charge in [0, 0.05) is 17.5 Å². The summed E-state index contributed by atoms with van der Waals surface area (Å²) in [6.45, 7) is 9.58. The number of amides is 1. The van der Waals surface area contributed by atoms with E-state index in [1.54, 1.807) is 11.3 Å². The van der Waals surface area contributed by atoms with Crippen LogP contribution in [0.5, 0.6) is 0 Å². The van der Waals surface area contributed by atoms with Crippen molar-refractivity contribution in [3.63, 3.8) is 0 Å². The lowest BCUT2D eigenvalue weighted by molar-refractivity contribution is -0.121. The molecule has 0 saturated heterocycles. The van der Waals surface area contributed by atoms with Crippen LogP contribution in [0.1, 0.15) is 38.1 Å². The lowest BCUT2D eigenvalue weighted by Crippen LogP contribution is -2.41. The van der Waals surface area contributed by atoms with Gasteiger partial charge in [-0.15, -0.1) is 11.3 Å². The minimum absolute atomic E-state index is 0.0748. The van der Waals surface area contributed by atoms with Crippen LogP contribution in [0.15, 0.2) is 11.4 Å². The standard InChI is InChI=1S/C14H24N2OS/c1-5-12-6-7-18-13(12)8-15-9-14(17)16-11(4)10(2)3/h6-7,10-11,15H,5,8-9H2,1-4H3,(H,16,17). The van der Waals surface area contributed by atoms with Crippen molar-refractivity contribution in [1.29, 1.82) is 0 Å². The number of carbonyl (C=O) groups is 1. The van der Waals surface area contributed by atoms with E-state index in [0.717, 1.165) is 13.0 Å². The summed E-state index contributed by atoms with van der Waals surface area (Å²) in [5.41, 5.74) is 1.38. The number of hydrogen-bond acceptors (Lipinski definition) is 3. The van der Waals surface area contributed by atoms with Gasteiger partial charge in [-0.2, -0.15) is 0 Å². The molecule has 0 aliphatic heterocycles. The van der Waals surface area contributed by atoms with E-state index >= 15 is 0 Å². The summed E-state index contributed by atoms with van der Waals surface area (Å²) in [5, 5.41) is 8.30. The second-order valence-corrected chi connectivity index (χ2v) is 5.93. The zero-order valence-corrected chi connectivity index (χ0v) is 12.6. The van der Waals surface area contributed by atoms with Gasteiger partial charge < -0.3 is 10.6 Å². The maximum Gasteiger partial charge on any atom is 0.234 e. The van der Waals surface area contributed by atoms with E-state index in [2.05, 4.69) is 42.9 Å². The van der Waals surface area contributed by atoms with Gasteiger partial charge in [0.15, 0.2) is 0 Å². The summed E-state index contributed by atoms with van der Waals surface area (Å²) < 4.78 is 0. The highest BCUT2D eigenvalue weighted by atomic mass is 32.1. The van der Waals surface area contributed by atoms with Crippen LogP contribution in [0.4, 0.5) is 0 Å². The number of thiophene rings is 1. The topological polar surface area (TPSA) is 41.1 Å². The third-order valence-electron chi connectivity index (χ3n) is 3.18. The molecular weight excluding hydrogens is 244 g/mol. The molecule has 1 heterocycles. The fourth-order valence-corrected chi connectivity index (χ4v) is 2.54. The van der Waals surface area contributed by atoms with Gasteiger partial charge >= 0.3 is 0 Å². The number of aryl methyl sites for hydroxylation is 1. The molecule has 1 aromatic rings. The monoisotopic (exact) mass is 268 g/mol. The van der Waals surface area contributed by atoms with Crippen LogP contribution in [0.2, 0.25) is 0 Å². The Morgan fingerprint density at radius 2 is 2.11 bits per heavy atom. The molecule has 0 aromatic carbocycles. The number of carbonyl (C=O) groups excluding carboxylic acids is 1. The zero-order valence-electron chi connectivity index (χ0n) is 11.7. The summed E-state index contributed by atoms with van der Waals surface area (Å²) in [6, 6.07) is 2.38. The van der Waals surface area contributed by atoms with Gasteiger partial charge in [-0.25, -0.2) is 0 Å². The Hall–Kier alpha value is -0.870. The van der Waals surface area contributed by atoms with Crippen LogP contribution in [0.3, 0.4) is 0 Å². The molecule has 1 rings (SSSR count).